The van der Waals surface area contributed by atoms with E-state index in [2.05, 4.69) is 5.32 Å². The van der Waals surface area contributed by atoms with E-state index >= 15 is 0 Å². The number of benzene rings is 1. The molecule has 4 nitrogen and oxygen atoms in total. The molecule has 0 aromatic heterocycles. The predicted octanol–water partition coefficient (Wildman–Crippen LogP) is 2.90. The van der Waals surface area contributed by atoms with E-state index in [0.29, 0.717) is 12.1 Å². The van der Waals surface area contributed by atoms with Gasteiger partial charge in [-0.15, -0.1) is 0 Å². The molecule has 1 aliphatic heterocycles. The van der Waals surface area contributed by atoms with Crippen LogP contribution in [-0.2, 0) is 9.31 Å². The fourth-order valence-electron chi connectivity index (χ4n) is 2.25. The number of carbonyl (C=O) groups is 1. The van der Waals surface area contributed by atoms with E-state index in [1.165, 1.54) is 0 Å². The minimum atomic E-state index is -0.287. The highest BCUT2D eigenvalue weighted by Gasteiger charge is 2.50. The summed E-state index contributed by atoms with van der Waals surface area (Å²) in [4.78, 5) is 11.9. The highest BCUT2D eigenvalue weighted by molar-refractivity contribution is 6.45. The van der Waals surface area contributed by atoms with Crippen LogP contribution in [-0.4, -0.2) is 30.8 Å². The molecule has 114 valence electrons. The second-order valence-corrected chi connectivity index (χ2v) is 6.45. The zero-order valence-corrected chi connectivity index (χ0v) is 13.3. The van der Waals surface area contributed by atoms with Gasteiger partial charge in [0.1, 0.15) is 0 Å². The third-order valence-electron chi connectivity index (χ3n) is 4.24. The molecule has 5 heteroatoms. The number of hydrogen-bond acceptors (Lipinski definition) is 3. The molecule has 2 rings (SSSR count). The quantitative estimate of drug-likeness (QED) is 0.669. The molecule has 0 saturated carbocycles. The van der Waals surface area contributed by atoms with Gasteiger partial charge in [-0.3, -0.25) is 4.79 Å². The Morgan fingerprint density at radius 2 is 1.67 bits per heavy atom. The minimum Gasteiger partial charge on any atom is -0.403 e. The molecule has 0 aliphatic carbocycles. The maximum atomic E-state index is 11.9. The lowest BCUT2D eigenvalue weighted by atomic mass is 9.83. The normalized spacial score (nSPS) is 19.5. The van der Waals surface area contributed by atoms with Gasteiger partial charge in [-0.2, -0.15) is 0 Å². The van der Waals surface area contributed by atoms with Gasteiger partial charge in [-0.25, -0.2) is 0 Å². The van der Waals surface area contributed by atoms with Gasteiger partial charge in [0.2, 0.25) is 0 Å². The smallest absolute Gasteiger partial charge is 0.403 e. The second-order valence-electron chi connectivity index (χ2n) is 6.45. The molecule has 1 aromatic carbocycles. The topological polar surface area (TPSA) is 47.6 Å². The average molecular weight is 289 g/mol. The van der Waals surface area contributed by atoms with Crippen LogP contribution in [0.3, 0.4) is 0 Å². The van der Waals surface area contributed by atoms with Crippen molar-refractivity contribution in [2.75, 3.05) is 6.54 Å². The second kappa shape index (κ2) is 6.20. The third kappa shape index (κ3) is 3.86. The van der Waals surface area contributed by atoms with Crippen LogP contribution in [0.15, 0.2) is 30.3 Å². The summed E-state index contributed by atoms with van der Waals surface area (Å²) in [5, 5.41) is 2.91. The van der Waals surface area contributed by atoms with Crippen LogP contribution in [0.1, 0.15) is 44.5 Å². The molecule has 0 atom stereocenters. The van der Waals surface area contributed by atoms with Crippen LogP contribution in [0, 0.1) is 0 Å². The first-order chi connectivity index (χ1) is 9.82. The van der Waals surface area contributed by atoms with E-state index < -0.39 is 0 Å². The molecule has 1 N–H and O–H groups in total. The zero-order chi connectivity index (χ0) is 15.5. The van der Waals surface area contributed by atoms with Gasteiger partial charge < -0.3 is 14.6 Å². The number of nitrogens with one attached hydrogen (secondary N) is 1. The van der Waals surface area contributed by atoms with Crippen LogP contribution in [0.4, 0.5) is 0 Å². The van der Waals surface area contributed by atoms with Crippen molar-refractivity contribution in [2.24, 2.45) is 0 Å². The summed E-state index contributed by atoms with van der Waals surface area (Å²) in [6.45, 7) is 8.81. The lowest BCUT2D eigenvalue weighted by molar-refractivity contribution is 0.00578. The van der Waals surface area contributed by atoms with Gasteiger partial charge in [0.05, 0.1) is 11.2 Å². The Morgan fingerprint density at radius 3 is 2.24 bits per heavy atom. The number of carbonyl (C=O) groups excluding carboxylic acids is 1. The van der Waals surface area contributed by atoms with Crippen molar-refractivity contribution < 1.29 is 14.1 Å². The molecule has 1 amide bonds. The molecule has 1 saturated heterocycles. The van der Waals surface area contributed by atoms with Crippen LogP contribution >= 0.6 is 0 Å². The van der Waals surface area contributed by atoms with Crippen molar-refractivity contribution in [1.29, 1.82) is 0 Å². The van der Waals surface area contributed by atoms with Crippen LogP contribution in [0.2, 0.25) is 6.32 Å². The Balaban J connectivity index is 1.71. The summed E-state index contributed by atoms with van der Waals surface area (Å²) in [7, 11) is -0.191. The standard InChI is InChI=1S/C16H24BNO3/c1-15(2)16(3,4)21-17(20-15)11-8-12-18-14(19)13-9-6-5-7-10-13/h5-7,9-10H,8,11-12H2,1-4H3,(H,18,19). The van der Waals surface area contributed by atoms with Crippen molar-refractivity contribution in [3.8, 4) is 0 Å². The highest BCUT2D eigenvalue weighted by atomic mass is 16.7. The van der Waals surface area contributed by atoms with Crippen LogP contribution in [0.25, 0.3) is 0 Å². The average Bonchev–Trinajstić information content (AvgIpc) is 2.63. The number of amides is 1. The van der Waals surface area contributed by atoms with Crippen LogP contribution in [0.5, 0.6) is 0 Å². The molecule has 1 aromatic rings. The van der Waals surface area contributed by atoms with Gasteiger partial charge in [-0.05, 0) is 52.6 Å². The maximum absolute atomic E-state index is 11.9. The Labute approximate surface area is 127 Å². The summed E-state index contributed by atoms with van der Waals surface area (Å²) in [5.74, 6) is -0.0375. The fourth-order valence-corrected chi connectivity index (χ4v) is 2.25. The maximum Gasteiger partial charge on any atom is 0.457 e. The van der Waals surface area contributed by atoms with Gasteiger partial charge in [0.15, 0.2) is 0 Å². The molecule has 21 heavy (non-hydrogen) atoms. The summed E-state index contributed by atoms with van der Waals surface area (Å²) in [6.07, 6.45) is 1.61. The summed E-state index contributed by atoms with van der Waals surface area (Å²) >= 11 is 0. The summed E-state index contributed by atoms with van der Waals surface area (Å²) < 4.78 is 11.8. The van der Waals surface area contributed by atoms with E-state index in [1.54, 1.807) is 0 Å². The molecule has 1 fully saturated rings. The predicted molar refractivity (Wildman–Crippen MR) is 84.3 cm³/mol. The minimum absolute atomic E-state index is 0.0375. The van der Waals surface area contributed by atoms with Crippen molar-refractivity contribution in [3.63, 3.8) is 0 Å². The summed E-state index contributed by atoms with van der Waals surface area (Å²) in [5.41, 5.74) is 0.115. The SMILES string of the molecule is CC1(C)OB(CCCNC(=O)c2ccccc2)OC1(C)C. The summed E-state index contributed by atoms with van der Waals surface area (Å²) in [6, 6.07) is 9.24. The Kier molecular flexibility index (Phi) is 4.74. The zero-order valence-electron chi connectivity index (χ0n) is 13.3. The molecule has 0 unspecified atom stereocenters. The third-order valence-corrected chi connectivity index (χ3v) is 4.24. The van der Waals surface area contributed by atoms with Crippen molar-refractivity contribution in [1.82, 2.24) is 5.32 Å². The van der Waals surface area contributed by atoms with E-state index in [-0.39, 0.29) is 24.2 Å². The van der Waals surface area contributed by atoms with Gasteiger partial charge in [0, 0.05) is 12.1 Å². The first kappa shape index (κ1) is 16.1. The molecule has 0 bridgehead atoms. The first-order valence-corrected chi connectivity index (χ1v) is 7.51. The number of hydrogen-bond donors (Lipinski definition) is 1. The van der Waals surface area contributed by atoms with Crippen LogP contribution < -0.4 is 5.32 Å². The monoisotopic (exact) mass is 289 g/mol. The highest BCUT2D eigenvalue weighted by Crippen LogP contribution is 2.37. The Hall–Kier alpha value is -1.33. The largest absolute Gasteiger partial charge is 0.457 e. The van der Waals surface area contributed by atoms with E-state index in [0.717, 1.165) is 12.7 Å². The fraction of sp³-hybridized carbons (Fsp3) is 0.562. The van der Waals surface area contributed by atoms with Gasteiger partial charge in [0.25, 0.3) is 5.91 Å². The van der Waals surface area contributed by atoms with E-state index in [9.17, 15) is 4.79 Å². The van der Waals surface area contributed by atoms with E-state index in [4.69, 9.17) is 9.31 Å². The van der Waals surface area contributed by atoms with Crippen molar-refractivity contribution >= 4 is 13.0 Å². The lowest BCUT2D eigenvalue weighted by Crippen LogP contribution is -2.41. The molecular formula is C16H24BNO3. The first-order valence-electron chi connectivity index (χ1n) is 7.51. The molecule has 0 spiro atoms. The molecular weight excluding hydrogens is 265 g/mol. The van der Waals surface area contributed by atoms with Crippen molar-refractivity contribution in [3.05, 3.63) is 35.9 Å². The Bertz CT molecular complexity index is 472. The van der Waals surface area contributed by atoms with E-state index in [1.807, 2.05) is 58.0 Å². The molecule has 1 heterocycles. The van der Waals surface area contributed by atoms with Gasteiger partial charge >= 0.3 is 7.12 Å². The molecule has 0 radical (unpaired) electrons. The Morgan fingerprint density at radius 1 is 1.10 bits per heavy atom. The number of rotatable bonds is 5. The molecule has 1 aliphatic rings. The van der Waals surface area contributed by atoms with Crippen molar-refractivity contribution in [2.45, 2.75) is 51.6 Å². The van der Waals surface area contributed by atoms with Gasteiger partial charge in [-0.1, -0.05) is 18.2 Å². The lowest BCUT2D eigenvalue weighted by Gasteiger charge is -2.32.